The van der Waals surface area contributed by atoms with E-state index in [4.69, 9.17) is 5.73 Å². The van der Waals surface area contributed by atoms with Crippen molar-refractivity contribution in [1.82, 2.24) is 4.57 Å². The lowest BCUT2D eigenvalue weighted by Crippen LogP contribution is -2.32. The Kier molecular flexibility index (Phi) is 3.11. The summed E-state index contributed by atoms with van der Waals surface area (Å²) in [5, 5.41) is 0. The van der Waals surface area contributed by atoms with Crippen LogP contribution in [0, 0.1) is 19.8 Å². The van der Waals surface area contributed by atoms with E-state index in [1.165, 1.54) is 29.8 Å². The number of nitrogens with zero attached hydrogens (tertiary/aromatic N) is 1. The van der Waals surface area contributed by atoms with Gasteiger partial charge in [0.2, 0.25) is 0 Å². The molecule has 1 unspecified atom stereocenters. The van der Waals surface area contributed by atoms with Gasteiger partial charge in [0.1, 0.15) is 0 Å². The van der Waals surface area contributed by atoms with Crippen LogP contribution >= 0.6 is 0 Å². The zero-order valence-corrected chi connectivity index (χ0v) is 11.9. The lowest BCUT2D eigenvalue weighted by molar-refractivity contribution is 0.501. The largest absolute Gasteiger partial charge is 0.349 e. The van der Waals surface area contributed by atoms with Gasteiger partial charge in [0.15, 0.2) is 0 Å². The highest BCUT2D eigenvalue weighted by molar-refractivity contribution is 5.40. The van der Waals surface area contributed by atoms with Crippen molar-refractivity contribution in [2.45, 2.75) is 65.5 Å². The third kappa shape index (κ3) is 2.03. The number of nitrogens with two attached hydrogens (primary N) is 1. The molecule has 1 atom stereocenters. The first-order valence-corrected chi connectivity index (χ1v) is 6.81. The van der Waals surface area contributed by atoms with Crippen molar-refractivity contribution in [3.63, 3.8) is 0 Å². The normalized spacial score (nSPS) is 19.7. The number of hydrogen-bond donors (Lipinski definition) is 1. The molecule has 2 rings (SSSR count). The molecule has 1 saturated carbocycles. The summed E-state index contributed by atoms with van der Waals surface area (Å²) in [6, 6.07) is 2.64. The fourth-order valence-corrected chi connectivity index (χ4v) is 3.06. The second-order valence-electron chi connectivity index (χ2n) is 6.23. The maximum Gasteiger partial charge on any atom is 0.0247 e. The van der Waals surface area contributed by atoms with Crippen LogP contribution in [0.3, 0.4) is 0 Å². The highest BCUT2D eigenvalue weighted by atomic mass is 15.0. The first kappa shape index (κ1) is 12.7. The first-order valence-electron chi connectivity index (χ1n) is 6.81. The van der Waals surface area contributed by atoms with Gasteiger partial charge in [0.05, 0.1) is 0 Å². The van der Waals surface area contributed by atoms with Gasteiger partial charge in [-0.2, -0.15) is 0 Å². The van der Waals surface area contributed by atoms with E-state index in [0.717, 1.165) is 6.54 Å². The molecule has 1 fully saturated rings. The molecule has 1 aliphatic carbocycles. The van der Waals surface area contributed by atoms with Crippen molar-refractivity contribution in [3.05, 3.63) is 23.0 Å². The quantitative estimate of drug-likeness (QED) is 0.852. The summed E-state index contributed by atoms with van der Waals surface area (Å²) in [5.41, 5.74) is 10.8. The molecule has 0 radical (unpaired) electrons. The monoisotopic (exact) mass is 234 g/mol. The molecule has 96 valence electrons. The van der Waals surface area contributed by atoms with Gasteiger partial charge in [-0.3, -0.25) is 0 Å². The summed E-state index contributed by atoms with van der Waals surface area (Å²) in [6.07, 6.45) is 2.52. The topological polar surface area (TPSA) is 30.9 Å². The molecule has 1 heterocycles. The number of aromatic nitrogens is 1. The van der Waals surface area contributed by atoms with Crippen LogP contribution in [0.2, 0.25) is 0 Å². The Morgan fingerprint density at radius 3 is 2.29 bits per heavy atom. The summed E-state index contributed by atoms with van der Waals surface area (Å²) in [4.78, 5) is 0. The maximum atomic E-state index is 6.18. The predicted octanol–water partition coefficient (Wildman–Crippen LogP) is 3.14. The molecular formula is C15H26N2. The zero-order valence-electron chi connectivity index (χ0n) is 11.9. The van der Waals surface area contributed by atoms with E-state index < -0.39 is 0 Å². The number of hydrogen-bond acceptors (Lipinski definition) is 1. The molecule has 0 saturated heterocycles. The smallest absolute Gasteiger partial charge is 0.0247 e. The van der Waals surface area contributed by atoms with Crippen molar-refractivity contribution in [1.29, 1.82) is 0 Å². The minimum Gasteiger partial charge on any atom is -0.349 e. The lowest BCUT2D eigenvalue weighted by atomic mass is 9.89. The van der Waals surface area contributed by atoms with E-state index in [-0.39, 0.29) is 11.5 Å². The van der Waals surface area contributed by atoms with Crippen molar-refractivity contribution in [2.24, 2.45) is 11.7 Å². The third-order valence-corrected chi connectivity index (χ3v) is 4.32. The lowest BCUT2D eigenvalue weighted by Gasteiger charge is -2.20. The van der Waals surface area contributed by atoms with E-state index in [1.807, 2.05) is 0 Å². The minimum absolute atomic E-state index is 0.274. The Balaban J connectivity index is 2.38. The zero-order chi connectivity index (χ0) is 12.8. The van der Waals surface area contributed by atoms with Gasteiger partial charge >= 0.3 is 0 Å². The molecular weight excluding hydrogens is 208 g/mol. The van der Waals surface area contributed by atoms with Gasteiger partial charge < -0.3 is 10.3 Å². The number of aryl methyl sites for hydroxylation is 1. The summed E-state index contributed by atoms with van der Waals surface area (Å²) in [5.74, 6) is 0.693. The molecule has 1 aromatic rings. The van der Waals surface area contributed by atoms with Crippen LogP contribution in [-0.2, 0) is 12.0 Å². The Morgan fingerprint density at radius 1 is 1.29 bits per heavy atom. The van der Waals surface area contributed by atoms with Gasteiger partial charge in [-0.1, -0.05) is 13.8 Å². The standard InChI is InChI=1S/C15H26N2/c1-10(2)9-17-11(3)8-14(12(17)4)15(6-7-15)13(5)16/h8,10,13H,6-7,9,16H2,1-5H3. The molecule has 0 spiro atoms. The molecule has 1 aromatic heterocycles. The molecule has 0 amide bonds. The van der Waals surface area contributed by atoms with Gasteiger partial charge in [0, 0.05) is 29.4 Å². The van der Waals surface area contributed by atoms with Crippen molar-refractivity contribution >= 4 is 0 Å². The summed E-state index contributed by atoms with van der Waals surface area (Å²) >= 11 is 0. The van der Waals surface area contributed by atoms with E-state index in [2.05, 4.69) is 45.3 Å². The summed E-state index contributed by atoms with van der Waals surface area (Å²) < 4.78 is 2.46. The fraction of sp³-hybridized carbons (Fsp3) is 0.733. The molecule has 17 heavy (non-hydrogen) atoms. The van der Waals surface area contributed by atoms with Crippen LogP contribution in [0.5, 0.6) is 0 Å². The van der Waals surface area contributed by atoms with E-state index in [0.29, 0.717) is 5.92 Å². The molecule has 0 aliphatic heterocycles. The Labute approximate surface area is 105 Å². The molecule has 2 heteroatoms. The highest BCUT2D eigenvalue weighted by Crippen LogP contribution is 2.51. The second kappa shape index (κ2) is 4.16. The Morgan fingerprint density at radius 2 is 1.88 bits per heavy atom. The third-order valence-electron chi connectivity index (χ3n) is 4.32. The van der Waals surface area contributed by atoms with Gasteiger partial charge in [-0.05, 0) is 51.2 Å². The second-order valence-corrected chi connectivity index (χ2v) is 6.23. The van der Waals surface area contributed by atoms with Crippen LogP contribution in [0.25, 0.3) is 0 Å². The van der Waals surface area contributed by atoms with E-state index in [1.54, 1.807) is 0 Å². The van der Waals surface area contributed by atoms with Crippen LogP contribution in [0.4, 0.5) is 0 Å². The van der Waals surface area contributed by atoms with Crippen LogP contribution in [-0.4, -0.2) is 10.6 Å². The van der Waals surface area contributed by atoms with Crippen molar-refractivity contribution in [3.8, 4) is 0 Å². The summed E-state index contributed by atoms with van der Waals surface area (Å²) in [6.45, 7) is 12.3. The van der Waals surface area contributed by atoms with E-state index in [9.17, 15) is 0 Å². The van der Waals surface area contributed by atoms with Crippen molar-refractivity contribution in [2.75, 3.05) is 0 Å². The fourth-order valence-electron chi connectivity index (χ4n) is 3.06. The average Bonchev–Trinajstić information content (AvgIpc) is 2.97. The first-order chi connectivity index (χ1) is 7.88. The Bertz CT molecular complexity index is 409. The van der Waals surface area contributed by atoms with Gasteiger partial charge in [-0.25, -0.2) is 0 Å². The predicted molar refractivity (Wildman–Crippen MR) is 73.3 cm³/mol. The molecule has 1 aliphatic rings. The van der Waals surface area contributed by atoms with Gasteiger partial charge in [0.25, 0.3) is 0 Å². The summed E-state index contributed by atoms with van der Waals surface area (Å²) in [7, 11) is 0. The van der Waals surface area contributed by atoms with Crippen molar-refractivity contribution < 1.29 is 0 Å². The highest BCUT2D eigenvalue weighted by Gasteiger charge is 2.49. The molecule has 2 nitrogen and oxygen atoms in total. The molecule has 0 aromatic carbocycles. The molecule has 0 bridgehead atoms. The van der Waals surface area contributed by atoms with E-state index >= 15 is 0 Å². The van der Waals surface area contributed by atoms with Crippen LogP contribution in [0.15, 0.2) is 6.07 Å². The Hall–Kier alpha value is -0.760. The molecule has 2 N–H and O–H groups in total. The van der Waals surface area contributed by atoms with Crippen LogP contribution < -0.4 is 5.73 Å². The van der Waals surface area contributed by atoms with Gasteiger partial charge in [-0.15, -0.1) is 0 Å². The average molecular weight is 234 g/mol. The van der Waals surface area contributed by atoms with Crippen LogP contribution in [0.1, 0.15) is 50.6 Å². The maximum absolute atomic E-state index is 6.18. The minimum atomic E-state index is 0.274. The SMILES string of the molecule is Cc1cc(C2(C(C)N)CC2)c(C)n1CC(C)C. The number of rotatable bonds is 4.